The van der Waals surface area contributed by atoms with E-state index in [1.807, 2.05) is 41.5 Å². The molecule has 0 spiro atoms. The molecular weight excluding hydrogens is 368 g/mol. The van der Waals surface area contributed by atoms with Gasteiger partial charge in [0.25, 0.3) is 0 Å². The van der Waals surface area contributed by atoms with Crippen LogP contribution in [0.25, 0.3) is 0 Å². The standard InChI is InChI=1S/C19H36N2O5S/c1-18(2,3)25-16(23)20-13-12-27-14(10-8-7-9-11-22)15(13)21-17(24)26-19(4,5)6/h13-15,22H,7-12H2,1-6H3,(H,20,23)(H,21,24)/t13-,14-,15-/m0/s1. The summed E-state index contributed by atoms with van der Waals surface area (Å²) in [5.41, 5.74) is -1.16. The average Bonchev–Trinajstić information content (AvgIpc) is 2.82. The molecule has 0 radical (unpaired) electrons. The van der Waals surface area contributed by atoms with E-state index in [1.165, 1.54) is 0 Å². The van der Waals surface area contributed by atoms with Crippen LogP contribution >= 0.6 is 11.8 Å². The maximum atomic E-state index is 12.3. The van der Waals surface area contributed by atoms with Crippen molar-refractivity contribution in [1.82, 2.24) is 10.6 Å². The molecule has 1 heterocycles. The lowest BCUT2D eigenvalue weighted by atomic mass is 10.0. The second-order valence-corrected chi connectivity index (χ2v) is 10.1. The Morgan fingerprint density at radius 1 is 0.963 bits per heavy atom. The van der Waals surface area contributed by atoms with E-state index in [1.54, 1.807) is 11.8 Å². The van der Waals surface area contributed by atoms with Gasteiger partial charge >= 0.3 is 12.2 Å². The lowest BCUT2D eigenvalue weighted by Gasteiger charge is -2.29. The first-order chi connectivity index (χ1) is 12.4. The number of aliphatic hydroxyl groups excluding tert-OH is 1. The first-order valence-corrected chi connectivity index (χ1v) is 10.7. The van der Waals surface area contributed by atoms with Crippen LogP contribution in [0.3, 0.4) is 0 Å². The number of unbranched alkanes of at least 4 members (excludes halogenated alkanes) is 2. The van der Waals surface area contributed by atoms with E-state index in [0.29, 0.717) is 5.75 Å². The molecular formula is C19H36N2O5S. The van der Waals surface area contributed by atoms with Gasteiger partial charge in [-0.05, 0) is 54.4 Å². The third kappa shape index (κ3) is 10.1. The van der Waals surface area contributed by atoms with E-state index in [9.17, 15) is 9.59 Å². The molecule has 0 saturated carbocycles. The van der Waals surface area contributed by atoms with Gasteiger partial charge in [0.1, 0.15) is 11.2 Å². The van der Waals surface area contributed by atoms with Crippen molar-refractivity contribution in [3.63, 3.8) is 0 Å². The molecule has 3 N–H and O–H groups in total. The maximum absolute atomic E-state index is 12.3. The predicted octanol–water partition coefficient (Wildman–Crippen LogP) is 3.44. The number of thioether (sulfide) groups is 1. The molecule has 8 heteroatoms. The molecule has 0 aromatic rings. The van der Waals surface area contributed by atoms with E-state index in [4.69, 9.17) is 14.6 Å². The van der Waals surface area contributed by atoms with Crippen molar-refractivity contribution in [2.45, 2.75) is 95.8 Å². The molecule has 1 aliphatic rings. The Labute approximate surface area is 167 Å². The Bertz CT molecular complexity index is 487. The summed E-state index contributed by atoms with van der Waals surface area (Å²) in [6, 6.07) is -0.452. The fraction of sp³-hybridized carbons (Fsp3) is 0.895. The molecule has 0 bridgehead atoms. The molecule has 3 atom stereocenters. The van der Waals surface area contributed by atoms with Crippen molar-refractivity contribution in [1.29, 1.82) is 0 Å². The monoisotopic (exact) mass is 404 g/mol. The zero-order chi connectivity index (χ0) is 20.7. The largest absolute Gasteiger partial charge is 0.444 e. The number of hydrogen-bond donors (Lipinski definition) is 3. The number of alkyl carbamates (subject to hydrolysis) is 2. The van der Waals surface area contributed by atoms with Crippen LogP contribution in [0.1, 0.15) is 67.2 Å². The third-order valence-electron chi connectivity index (χ3n) is 3.86. The molecule has 0 aromatic carbocycles. The number of aliphatic hydroxyl groups is 1. The third-order valence-corrected chi connectivity index (χ3v) is 5.36. The van der Waals surface area contributed by atoms with Crippen LogP contribution in [0.5, 0.6) is 0 Å². The molecule has 0 aromatic heterocycles. The van der Waals surface area contributed by atoms with Crippen molar-refractivity contribution in [3.8, 4) is 0 Å². The van der Waals surface area contributed by atoms with Gasteiger partial charge < -0.3 is 25.2 Å². The van der Waals surface area contributed by atoms with Crippen LogP contribution in [0.2, 0.25) is 0 Å². The average molecular weight is 405 g/mol. The van der Waals surface area contributed by atoms with Gasteiger partial charge in [0, 0.05) is 17.6 Å². The van der Waals surface area contributed by atoms with Gasteiger partial charge in [-0.1, -0.05) is 12.8 Å². The number of carbonyl (C=O) groups excluding carboxylic acids is 2. The van der Waals surface area contributed by atoms with Gasteiger partial charge in [-0.2, -0.15) is 11.8 Å². The highest BCUT2D eigenvalue weighted by molar-refractivity contribution is 8.00. The van der Waals surface area contributed by atoms with E-state index in [0.717, 1.165) is 25.7 Å². The minimum atomic E-state index is -0.583. The van der Waals surface area contributed by atoms with Gasteiger partial charge in [-0.25, -0.2) is 9.59 Å². The molecule has 7 nitrogen and oxygen atoms in total. The second kappa shape index (κ2) is 10.4. The maximum Gasteiger partial charge on any atom is 0.407 e. The molecule has 0 aliphatic carbocycles. The van der Waals surface area contributed by atoms with Gasteiger partial charge in [-0.15, -0.1) is 0 Å². The van der Waals surface area contributed by atoms with Crippen LogP contribution in [0, 0.1) is 0 Å². The molecule has 158 valence electrons. The summed E-state index contributed by atoms with van der Waals surface area (Å²) in [5, 5.41) is 14.9. The molecule has 1 aliphatic heterocycles. The number of amides is 2. The molecule has 0 unspecified atom stereocenters. The SMILES string of the molecule is CC(C)(C)OC(=O)N[C@H]1[C@@H](NC(=O)OC(C)(C)C)CS[C@H]1CCCCCO. The summed E-state index contributed by atoms with van der Waals surface area (Å²) in [5.74, 6) is 0.699. The summed E-state index contributed by atoms with van der Waals surface area (Å²) in [6.07, 6.45) is 2.62. The molecule has 27 heavy (non-hydrogen) atoms. The number of nitrogens with one attached hydrogen (secondary N) is 2. The lowest BCUT2D eigenvalue weighted by Crippen LogP contribution is -2.54. The van der Waals surface area contributed by atoms with Crippen LogP contribution < -0.4 is 10.6 Å². The highest BCUT2D eigenvalue weighted by Crippen LogP contribution is 2.32. The van der Waals surface area contributed by atoms with E-state index in [2.05, 4.69) is 10.6 Å². The fourth-order valence-electron chi connectivity index (χ4n) is 2.82. The van der Waals surface area contributed by atoms with E-state index < -0.39 is 23.4 Å². The Morgan fingerprint density at radius 2 is 1.52 bits per heavy atom. The Balaban J connectivity index is 2.72. The smallest absolute Gasteiger partial charge is 0.407 e. The molecule has 1 saturated heterocycles. The predicted molar refractivity (Wildman–Crippen MR) is 108 cm³/mol. The fourth-order valence-corrected chi connectivity index (χ4v) is 4.36. The van der Waals surface area contributed by atoms with Crippen LogP contribution in [0.15, 0.2) is 0 Å². The first kappa shape index (κ1) is 23.9. The van der Waals surface area contributed by atoms with Gasteiger partial charge in [-0.3, -0.25) is 0 Å². The number of rotatable bonds is 7. The van der Waals surface area contributed by atoms with Gasteiger partial charge in [0.2, 0.25) is 0 Å². The Hall–Kier alpha value is -1.15. The second-order valence-electron chi connectivity index (χ2n) is 8.87. The summed E-state index contributed by atoms with van der Waals surface area (Å²) in [4.78, 5) is 24.4. The number of carbonyl (C=O) groups is 2. The van der Waals surface area contributed by atoms with Crippen molar-refractivity contribution >= 4 is 23.9 Å². The highest BCUT2D eigenvalue weighted by atomic mass is 32.2. The number of ether oxygens (including phenoxy) is 2. The Kier molecular flexibility index (Phi) is 9.21. The minimum absolute atomic E-state index is 0.177. The quantitative estimate of drug-likeness (QED) is 0.563. The molecule has 2 amide bonds. The summed E-state index contributed by atoms with van der Waals surface area (Å²) in [6.45, 7) is 11.1. The highest BCUT2D eigenvalue weighted by Gasteiger charge is 2.39. The normalized spacial score (nSPS) is 23.0. The van der Waals surface area contributed by atoms with Crippen molar-refractivity contribution in [2.75, 3.05) is 12.4 Å². The van der Waals surface area contributed by atoms with Crippen LogP contribution in [-0.4, -0.2) is 58.2 Å². The van der Waals surface area contributed by atoms with E-state index in [-0.39, 0.29) is 23.9 Å². The van der Waals surface area contributed by atoms with Crippen molar-refractivity contribution in [3.05, 3.63) is 0 Å². The first-order valence-electron chi connectivity index (χ1n) is 9.63. The topological polar surface area (TPSA) is 96.9 Å². The number of hydrogen-bond acceptors (Lipinski definition) is 6. The van der Waals surface area contributed by atoms with Crippen molar-refractivity contribution < 1.29 is 24.2 Å². The summed E-state index contributed by atoms with van der Waals surface area (Å²) < 4.78 is 10.7. The lowest BCUT2D eigenvalue weighted by molar-refractivity contribution is 0.0439. The van der Waals surface area contributed by atoms with Gasteiger partial charge in [0.15, 0.2) is 0 Å². The van der Waals surface area contributed by atoms with Crippen LogP contribution in [-0.2, 0) is 9.47 Å². The molecule has 1 rings (SSSR count). The summed E-state index contributed by atoms with van der Waals surface area (Å²) >= 11 is 1.73. The van der Waals surface area contributed by atoms with Crippen molar-refractivity contribution in [2.24, 2.45) is 0 Å². The van der Waals surface area contributed by atoms with Gasteiger partial charge in [0.05, 0.1) is 12.1 Å². The summed E-state index contributed by atoms with van der Waals surface area (Å²) in [7, 11) is 0. The Morgan fingerprint density at radius 3 is 2.04 bits per heavy atom. The van der Waals surface area contributed by atoms with E-state index >= 15 is 0 Å². The molecule has 1 fully saturated rings. The zero-order valence-electron chi connectivity index (χ0n) is 17.5. The zero-order valence-corrected chi connectivity index (χ0v) is 18.3. The minimum Gasteiger partial charge on any atom is -0.444 e. The van der Waals surface area contributed by atoms with Crippen LogP contribution in [0.4, 0.5) is 9.59 Å².